The quantitative estimate of drug-likeness (QED) is 0.362. The van der Waals surface area contributed by atoms with E-state index in [0.717, 1.165) is 12.8 Å². The van der Waals surface area contributed by atoms with Crippen LogP contribution >= 0.6 is 11.6 Å². The molecular formula is C11H21ClO. The fourth-order valence-electron chi connectivity index (χ4n) is 1.27. The maximum atomic E-state index is 9.21. The number of rotatable bonds is 8. The van der Waals surface area contributed by atoms with Gasteiger partial charge in [0.2, 0.25) is 0 Å². The lowest BCUT2D eigenvalue weighted by molar-refractivity contribution is 0.135. The molecule has 0 aliphatic rings. The maximum Gasteiger partial charge on any atom is 0.135 e. The summed E-state index contributed by atoms with van der Waals surface area (Å²) in [5, 5.41) is 8.21. The Bertz CT molecular complexity index is 127. The second kappa shape index (κ2) is 7.40. The first-order valence-corrected chi connectivity index (χ1v) is 5.46. The van der Waals surface area contributed by atoms with Crippen LogP contribution in [-0.2, 0) is 0 Å². The van der Waals surface area contributed by atoms with Crippen LogP contribution in [0.15, 0.2) is 12.7 Å². The summed E-state index contributed by atoms with van der Waals surface area (Å²) in [7, 11) is 0. The molecule has 1 atom stereocenters. The molecule has 1 unspecified atom stereocenters. The van der Waals surface area contributed by atoms with Crippen LogP contribution in [0.2, 0.25) is 0 Å². The van der Waals surface area contributed by atoms with Gasteiger partial charge in [0.05, 0.1) is 0 Å². The molecule has 0 bridgehead atoms. The van der Waals surface area contributed by atoms with Gasteiger partial charge in [0.25, 0.3) is 0 Å². The Morgan fingerprint density at radius 1 is 1.23 bits per heavy atom. The van der Waals surface area contributed by atoms with E-state index in [1.807, 2.05) is 6.08 Å². The van der Waals surface area contributed by atoms with Crippen molar-refractivity contribution < 1.29 is 5.11 Å². The van der Waals surface area contributed by atoms with Crippen molar-refractivity contribution in [1.82, 2.24) is 0 Å². The molecule has 0 aliphatic heterocycles. The largest absolute Gasteiger partial charge is 0.375 e. The standard InChI is InChI=1S/C11H21ClO/c1-3-4-5-6-7-8-9-10-11(2,12)13/h3,13H,1,4-10H2,2H3. The average molecular weight is 205 g/mol. The third-order valence-corrected chi connectivity index (χ3v) is 2.23. The summed E-state index contributed by atoms with van der Waals surface area (Å²) in [5.74, 6) is 0. The minimum Gasteiger partial charge on any atom is -0.375 e. The molecule has 1 nitrogen and oxygen atoms in total. The van der Waals surface area contributed by atoms with E-state index < -0.39 is 5.06 Å². The van der Waals surface area contributed by atoms with Gasteiger partial charge in [-0.3, -0.25) is 0 Å². The highest BCUT2D eigenvalue weighted by Crippen LogP contribution is 2.19. The van der Waals surface area contributed by atoms with Gasteiger partial charge in [0.15, 0.2) is 0 Å². The summed E-state index contributed by atoms with van der Waals surface area (Å²) < 4.78 is 0. The highest BCUT2D eigenvalue weighted by molar-refractivity contribution is 6.22. The van der Waals surface area contributed by atoms with Crippen LogP contribution in [0.5, 0.6) is 0 Å². The molecule has 0 aromatic heterocycles. The molecule has 0 fully saturated rings. The lowest BCUT2D eigenvalue weighted by Gasteiger charge is -2.13. The van der Waals surface area contributed by atoms with Gasteiger partial charge in [-0.15, -0.1) is 6.58 Å². The van der Waals surface area contributed by atoms with Gasteiger partial charge in [0, 0.05) is 0 Å². The van der Waals surface area contributed by atoms with E-state index in [4.69, 9.17) is 11.6 Å². The highest BCUT2D eigenvalue weighted by atomic mass is 35.5. The second-order valence-corrected chi connectivity index (χ2v) is 4.55. The molecule has 1 N–H and O–H groups in total. The Morgan fingerprint density at radius 3 is 2.31 bits per heavy atom. The molecule has 2 heteroatoms. The van der Waals surface area contributed by atoms with Gasteiger partial charge in [-0.05, 0) is 32.6 Å². The molecule has 0 saturated carbocycles. The number of alkyl halides is 1. The number of allylic oxidation sites excluding steroid dienone is 1. The van der Waals surface area contributed by atoms with Gasteiger partial charge in [-0.1, -0.05) is 36.9 Å². The Kier molecular flexibility index (Phi) is 7.39. The van der Waals surface area contributed by atoms with Crippen LogP contribution in [-0.4, -0.2) is 10.2 Å². The second-order valence-electron chi connectivity index (χ2n) is 3.74. The lowest BCUT2D eigenvalue weighted by atomic mass is 10.1. The molecule has 0 aromatic carbocycles. The Hall–Kier alpha value is -0.0100. The molecule has 13 heavy (non-hydrogen) atoms. The monoisotopic (exact) mass is 204 g/mol. The van der Waals surface area contributed by atoms with Crippen molar-refractivity contribution >= 4 is 11.6 Å². The van der Waals surface area contributed by atoms with Gasteiger partial charge in [0.1, 0.15) is 5.06 Å². The van der Waals surface area contributed by atoms with E-state index in [2.05, 4.69) is 6.58 Å². The van der Waals surface area contributed by atoms with Crippen LogP contribution in [0.4, 0.5) is 0 Å². The first-order valence-electron chi connectivity index (χ1n) is 5.08. The van der Waals surface area contributed by atoms with Gasteiger partial charge < -0.3 is 5.11 Å². The fourth-order valence-corrected chi connectivity index (χ4v) is 1.40. The third-order valence-electron chi connectivity index (χ3n) is 2.04. The van der Waals surface area contributed by atoms with Crippen LogP contribution in [0.3, 0.4) is 0 Å². The van der Waals surface area contributed by atoms with E-state index in [9.17, 15) is 5.11 Å². The zero-order valence-electron chi connectivity index (χ0n) is 8.56. The molecule has 78 valence electrons. The van der Waals surface area contributed by atoms with Crippen molar-refractivity contribution in [2.45, 2.75) is 56.9 Å². The zero-order valence-corrected chi connectivity index (χ0v) is 9.32. The van der Waals surface area contributed by atoms with Crippen molar-refractivity contribution in [2.75, 3.05) is 0 Å². The minimum atomic E-state index is -0.999. The van der Waals surface area contributed by atoms with Gasteiger partial charge in [-0.2, -0.15) is 0 Å². The molecule has 0 amide bonds. The van der Waals surface area contributed by atoms with Gasteiger partial charge in [-0.25, -0.2) is 0 Å². The van der Waals surface area contributed by atoms with E-state index in [1.54, 1.807) is 6.92 Å². The van der Waals surface area contributed by atoms with E-state index >= 15 is 0 Å². The SMILES string of the molecule is C=CCCCCCCCC(C)(O)Cl. The molecule has 0 aliphatic carbocycles. The number of hydrogen-bond acceptors (Lipinski definition) is 1. The molecule has 0 saturated heterocycles. The van der Waals surface area contributed by atoms with Crippen molar-refractivity contribution in [2.24, 2.45) is 0 Å². The molecule has 0 spiro atoms. The molecule has 0 heterocycles. The first kappa shape index (κ1) is 13.0. The smallest absolute Gasteiger partial charge is 0.135 e. The summed E-state index contributed by atoms with van der Waals surface area (Å²) >= 11 is 5.64. The summed E-state index contributed by atoms with van der Waals surface area (Å²) in [5.41, 5.74) is 0. The Balaban J connectivity index is 3.04. The van der Waals surface area contributed by atoms with E-state index in [-0.39, 0.29) is 0 Å². The molecular weight excluding hydrogens is 184 g/mol. The minimum absolute atomic E-state index is 0.690. The van der Waals surface area contributed by atoms with Crippen LogP contribution in [0.25, 0.3) is 0 Å². The number of aliphatic hydroxyl groups is 1. The van der Waals surface area contributed by atoms with E-state index in [1.165, 1.54) is 25.7 Å². The third kappa shape index (κ3) is 12.0. The number of halogens is 1. The highest BCUT2D eigenvalue weighted by Gasteiger charge is 2.13. The zero-order chi connectivity index (χ0) is 10.2. The molecule has 0 radical (unpaired) electrons. The van der Waals surface area contributed by atoms with Crippen molar-refractivity contribution in [3.05, 3.63) is 12.7 Å². The maximum absolute atomic E-state index is 9.21. The predicted molar refractivity (Wildman–Crippen MR) is 59.0 cm³/mol. The summed E-state index contributed by atoms with van der Waals surface area (Å²) in [6.45, 7) is 5.32. The first-order chi connectivity index (χ1) is 6.06. The number of hydrogen-bond donors (Lipinski definition) is 1. The lowest BCUT2D eigenvalue weighted by Crippen LogP contribution is -2.13. The molecule has 0 rings (SSSR count). The fraction of sp³-hybridized carbons (Fsp3) is 0.818. The summed E-state index contributed by atoms with van der Waals surface area (Å²) in [6.07, 6.45) is 9.69. The van der Waals surface area contributed by atoms with E-state index in [0.29, 0.717) is 6.42 Å². The van der Waals surface area contributed by atoms with Crippen molar-refractivity contribution in [1.29, 1.82) is 0 Å². The van der Waals surface area contributed by atoms with Crippen molar-refractivity contribution in [3.63, 3.8) is 0 Å². The van der Waals surface area contributed by atoms with Gasteiger partial charge >= 0.3 is 0 Å². The normalized spacial score (nSPS) is 15.3. The van der Waals surface area contributed by atoms with Crippen LogP contribution in [0.1, 0.15) is 51.9 Å². The summed E-state index contributed by atoms with van der Waals surface area (Å²) in [6, 6.07) is 0. The molecule has 0 aromatic rings. The average Bonchev–Trinajstić information content (AvgIpc) is 2.01. The number of unbranched alkanes of at least 4 members (excludes halogenated alkanes) is 5. The Labute approximate surface area is 86.8 Å². The van der Waals surface area contributed by atoms with Crippen LogP contribution < -0.4 is 0 Å². The Morgan fingerprint density at radius 2 is 1.77 bits per heavy atom. The van der Waals surface area contributed by atoms with Crippen molar-refractivity contribution in [3.8, 4) is 0 Å². The summed E-state index contributed by atoms with van der Waals surface area (Å²) in [4.78, 5) is 0. The predicted octanol–water partition coefficient (Wildman–Crippen LogP) is 3.85. The van der Waals surface area contributed by atoms with Crippen LogP contribution in [0, 0.1) is 0 Å². The topological polar surface area (TPSA) is 20.2 Å².